The third-order valence-electron chi connectivity index (χ3n) is 5.36. The molecular weight excluding hydrogens is 366 g/mol. The third-order valence-corrected chi connectivity index (χ3v) is 5.36. The summed E-state index contributed by atoms with van der Waals surface area (Å²) >= 11 is 0. The molecule has 0 radical (unpaired) electrons. The van der Waals surface area contributed by atoms with Crippen LogP contribution >= 0.6 is 0 Å². The van der Waals surface area contributed by atoms with Crippen molar-refractivity contribution in [2.45, 2.75) is 77.4 Å². The Morgan fingerprint density at radius 1 is 1.10 bits per heavy atom. The SMILES string of the molecule is Cc1cc(C(C)(C)C)oc1C(=O)O[C@@H](C(=O)NC1CCCCC1)c1ccccc1. The predicted molar refractivity (Wildman–Crippen MR) is 112 cm³/mol. The second-order valence-corrected chi connectivity index (χ2v) is 8.91. The lowest BCUT2D eigenvalue weighted by Crippen LogP contribution is -2.40. The molecular formula is C24H31NO4. The van der Waals surface area contributed by atoms with Crippen LogP contribution in [0, 0.1) is 6.92 Å². The molecule has 2 aromatic rings. The number of hydrogen-bond acceptors (Lipinski definition) is 4. The van der Waals surface area contributed by atoms with Crippen molar-refractivity contribution in [1.29, 1.82) is 0 Å². The molecule has 0 unspecified atom stereocenters. The van der Waals surface area contributed by atoms with Crippen molar-refractivity contribution in [2.24, 2.45) is 0 Å². The number of furan rings is 1. The molecule has 1 atom stereocenters. The van der Waals surface area contributed by atoms with Crippen molar-refractivity contribution >= 4 is 11.9 Å². The maximum absolute atomic E-state index is 13.0. The van der Waals surface area contributed by atoms with Gasteiger partial charge in [-0.2, -0.15) is 0 Å². The summed E-state index contributed by atoms with van der Waals surface area (Å²) in [6, 6.07) is 11.1. The highest BCUT2D eigenvalue weighted by Crippen LogP contribution is 2.29. The molecule has 1 aromatic carbocycles. The molecule has 29 heavy (non-hydrogen) atoms. The zero-order valence-corrected chi connectivity index (χ0v) is 17.8. The first-order chi connectivity index (χ1) is 13.8. The molecule has 1 amide bonds. The Hall–Kier alpha value is -2.56. The van der Waals surface area contributed by atoms with Gasteiger partial charge in [0.15, 0.2) is 0 Å². The van der Waals surface area contributed by atoms with Crippen LogP contribution < -0.4 is 5.32 Å². The van der Waals surface area contributed by atoms with Crippen LogP contribution in [0.25, 0.3) is 0 Å². The third kappa shape index (κ3) is 5.28. The van der Waals surface area contributed by atoms with E-state index in [0.29, 0.717) is 16.9 Å². The van der Waals surface area contributed by atoms with Gasteiger partial charge >= 0.3 is 5.97 Å². The van der Waals surface area contributed by atoms with Crippen molar-refractivity contribution in [3.8, 4) is 0 Å². The summed E-state index contributed by atoms with van der Waals surface area (Å²) in [4.78, 5) is 25.9. The Bertz CT molecular complexity index is 842. The van der Waals surface area contributed by atoms with Crippen molar-refractivity contribution in [2.75, 3.05) is 0 Å². The minimum atomic E-state index is -1.01. The first kappa shape index (κ1) is 21.2. The average Bonchev–Trinajstić information content (AvgIpc) is 3.09. The van der Waals surface area contributed by atoms with E-state index in [1.807, 2.05) is 52.0 Å². The van der Waals surface area contributed by atoms with Crippen LogP contribution in [0.1, 0.15) is 86.4 Å². The fraction of sp³-hybridized carbons (Fsp3) is 0.500. The van der Waals surface area contributed by atoms with Gasteiger partial charge in [0.05, 0.1) is 0 Å². The van der Waals surface area contributed by atoms with Crippen molar-refractivity contribution in [1.82, 2.24) is 5.32 Å². The van der Waals surface area contributed by atoms with Crippen molar-refractivity contribution < 1.29 is 18.7 Å². The van der Waals surface area contributed by atoms with Gasteiger partial charge in [-0.15, -0.1) is 0 Å². The second-order valence-electron chi connectivity index (χ2n) is 8.91. The van der Waals surface area contributed by atoms with Gasteiger partial charge in [0.25, 0.3) is 5.91 Å². The molecule has 0 bridgehead atoms. The van der Waals surface area contributed by atoms with E-state index in [9.17, 15) is 9.59 Å². The van der Waals surface area contributed by atoms with E-state index >= 15 is 0 Å². The molecule has 156 valence electrons. The van der Waals surface area contributed by atoms with Gasteiger partial charge in [0.1, 0.15) is 5.76 Å². The van der Waals surface area contributed by atoms with Gasteiger partial charge < -0.3 is 14.5 Å². The van der Waals surface area contributed by atoms with Crippen LogP contribution in [-0.4, -0.2) is 17.9 Å². The largest absolute Gasteiger partial charge is 0.453 e. The summed E-state index contributed by atoms with van der Waals surface area (Å²) in [6.07, 6.45) is 4.36. The predicted octanol–water partition coefficient (Wildman–Crippen LogP) is 5.23. The number of nitrogens with one attached hydrogen (secondary N) is 1. The van der Waals surface area contributed by atoms with Crippen LogP contribution in [0.5, 0.6) is 0 Å². The van der Waals surface area contributed by atoms with Gasteiger partial charge in [0.2, 0.25) is 11.9 Å². The highest BCUT2D eigenvalue weighted by atomic mass is 16.6. The maximum atomic E-state index is 13.0. The number of ether oxygens (including phenoxy) is 1. The average molecular weight is 398 g/mol. The summed E-state index contributed by atoms with van der Waals surface area (Å²) < 4.78 is 11.5. The van der Waals surface area contributed by atoms with E-state index in [1.165, 1.54) is 6.42 Å². The number of benzene rings is 1. The Morgan fingerprint density at radius 3 is 2.34 bits per heavy atom. The molecule has 3 rings (SSSR count). The zero-order valence-electron chi connectivity index (χ0n) is 17.8. The van der Waals surface area contributed by atoms with E-state index in [0.717, 1.165) is 25.7 Å². The summed E-state index contributed by atoms with van der Waals surface area (Å²) in [5.41, 5.74) is 1.13. The molecule has 1 aromatic heterocycles. The fourth-order valence-corrected chi connectivity index (χ4v) is 3.64. The van der Waals surface area contributed by atoms with Crippen LogP contribution in [0.15, 0.2) is 40.8 Å². The highest BCUT2D eigenvalue weighted by Gasteiger charge is 2.31. The number of carbonyl (C=O) groups excluding carboxylic acids is 2. The Morgan fingerprint density at radius 2 is 1.76 bits per heavy atom. The minimum absolute atomic E-state index is 0.138. The minimum Gasteiger partial charge on any atom is -0.453 e. The Kier molecular flexibility index (Phi) is 6.46. The number of esters is 1. The standard InChI is InChI=1S/C24H31NO4/c1-16-15-19(24(2,3)4)28-20(16)23(27)29-21(17-11-7-5-8-12-17)22(26)25-18-13-9-6-10-14-18/h5,7-8,11-12,15,18,21H,6,9-10,13-14H2,1-4H3,(H,25,26)/t21-/m1/s1. The van der Waals surface area contributed by atoms with Crippen molar-refractivity contribution in [3.05, 3.63) is 59.0 Å². The molecule has 5 nitrogen and oxygen atoms in total. The second kappa shape index (κ2) is 8.85. The molecule has 0 aliphatic heterocycles. The maximum Gasteiger partial charge on any atom is 0.375 e. The number of hydrogen-bond donors (Lipinski definition) is 1. The highest BCUT2D eigenvalue weighted by molar-refractivity contribution is 5.92. The van der Waals surface area contributed by atoms with Crippen molar-refractivity contribution in [3.63, 3.8) is 0 Å². The van der Waals surface area contributed by atoms with Crippen LogP contribution in [0.2, 0.25) is 0 Å². The lowest BCUT2D eigenvalue weighted by Gasteiger charge is -2.25. The van der Waals surface area contributed by atoms with E-state index in [4.69, 9.17) is 9.15 Å². The zero-order chi connectivity index (χ0) is 21.0. The topological polar surface area (TPSA) is 68.5 Å². The molecule has 1 heterocycles. The van der Waals surface area contributed by atoms with Gasteiger partial charge in [-0.3, -0.25) is 4.79 Å². The molecule has 5 heteroatoms. The van der Waals surface area contributed by atoms with E-state index < -0.39 is 12.1 Å². The molecule has 1 aliphatic carbocycles. The lowest BCUT2D eigenvalue weighted by molar-refractivity contribution is -0.131. The van der Waals surface area contributed by atoms with Gasteiger partial charge in [-0.1, -0.05) is 70.4 Å². The van der Waals surface area contributed by atoms with Gasteiger partial charge in [0, 0.05) is 22.6 Å². The molecule has 1 aliphatic rings. The first-order valence-electron chi connectivity index (χ1n) is 10.4. The van der Waals surface area contributed by atoms with E-state index in [2.05, 4.69) is 5.32 Å². The lowest BCUT2D eigenvalue weighted by atomic mass is 9.93. The quantitative estimate of drug-likeness (QED) is 0.701. The first-order valence-corrected chi connectivity index (χ1v) is 10.4. The number of amides is 1. The Labute approximate surface area is 172 Å². The molecule has 0 spiro atoms. The summed E-state index contributed by atoms with van der Waals surface area (Å²) in [5, 5.41) is 3.07. The Balaban J connectivity index is 1.80. The fourth-order valence-electron chi connectivity index (χ4n) is 3.64. The molecule has 0 saturated heterocycles. The van der Waals surface area contributed by atoms with Crippen LogP contribution in [0.3, 0.4) is 0 Å². The van der Waals surface area contributed by atoms with Gasteiger partial charge in [-0.05, 0) is 25.8 Å². The summed E-state index contributed by atoms with van der Waals surface area (Å²) in [7, 11) is 0. The molecule has 1 fully saturated rings. The normalized spacial score (nSPS) is 16.3. The summed E-state index contributed by atoms with van der Waals surface area (Å²) in [5.74, 6) is -0.0338. The summed E-state index contributed by atoms with van der Waals surface area (Å²) in [6.45, 7) is 7.87. The van der Waals surface area contributed by atoms with Gasteiger partial charge in [-0.25, -0.2) is 4.79 Å². The van der Waals surface area contributed by atoms with Crippen LogP contribution in [-0.2, 0) is 14.9 Å². The van der Waals surface area contributed by atoms with Crippen LogP contribution in [0.4, 0.5) is 0 Å². The van der Waals surface area contributed by atoms with E-state index in [-0.39, 0.29) is 23.1 Å². The number of rotatable bonds is 5. The number of carbonyl (C=O) groups is 2. The smallest absolute Gasteiger partial charge is 0.375 e. The molecule has 1 saturated carbocycles. The monoisotopic (exact) mass is 397 g/mol. The number of aryl methyl sites for hydroxylation is 1. The van der Waals surface area contributed by atoms with E-state index in [1.54, 1.807) is 12.1 Å². The molecule has 1 N–H and O–H groups in total.